The molecule has 0 aromatic carbocycles. The van der Waals surface area contributed by atoms with E-state index in [1.165, 1.54) is 31.0 Å². The summed E-state index contributed by atoms with van der Waals surface area (Å²) in [5.74, 6) is 0.784. The molecule has 1 aromatic rings. The van der Waals surface area contributed by atoms with Crippen molar-refractivity contribution in [3.8, 4) is 5.88 Å². The molecule has 0 spiro atoms. The van der Waals surface area contributed by atoms with Crippen LogP contribution in [0.2, 0.25) is 0 Å². The molecule has 0 saturated carbocycles. The van der Waals surface area contributed by atoms with Crippen molar-refractivity contribution in [3.63, 3.8) is 0 Å². The highest BCUT2D eigenvalue weighted by atomic mass is 127. The first-order valence-electron chi connectivity index (χ1n) is 11.2. The summed E-state index contributed by atoms with van der Waals surface area (Å²) in [5, 5.41) is 0. The number of rotatable bonds is 12. The maximum atomic E-state index is 12.1. The zero-order valence-corrected chi connectivity index (χ0v) is 22.5. The molecule has 31 heavy (non-hydrogen) atoms. The van der Waals surface area contributed by atoms with Gasteiger partial charge in [-0.2, -0.15) is 4.37 Å². The second-order valence-corrected chi connectivity index (χ2v) is 9.09. The zero-order chi connectivity index (χ0) is 22.0. The van der Waals surface area contributed by atoms with E-state index in [4.69, 9.17) is 14.2 Å². The second-order valence-electron chi connectivity index (χ2n) is 8.56. The zero-order valence-electron chi connectivity index (χ0n) is 19.6. The molecule has 178 valence electrons. The second kappa shape index (κ2) is 14.3. The molecule has 0 aliphatic carbocycles. The molecule has 0 fully saturated rings. The third kappa shape index (κ3) is 8.49. The van der Waals surface area contributed by atoms with Gasteiger partial charge in [0.25, 0.3) is 5.88 Å². The van der Waals surface area contributed by atoms with Crippen molar-refractivity contribution >= 4 is 23.5 Å². The van der Waals surface area contributed by atoms with Gasteiger partial charge >= 0.3 is 6.16 Å². The highest BCUT2D eigenvalue weighted by Gasteiger charge is 2.41. The number of quaternary nitrogens is 1. The Morgan fingerprint density at radius 1 is 1.16 bits per heavy atom. The van der Waals surface area contributed by atoms with Crippen molar-refractivity contribution in [2.24, 2.45) is 5.92 Å². The number of aromatic nitrogens is 2. The molecule has 0 N–H and O–H groups in total. The minimum Gasteiger partial charge on any atom is -1.00 e. The third-order valence-electron chi connectivity index (χ3n) is 5.39. The predicted octanol–water partition coefficient (Wildman–Crippen LogP) is 2.28. The Balaban J connectivity index is 0.00000480. The highest BCUT2D eigenvalue weighted by molar-refractivity contribution is 6.99. The number of ether oxygens (including phenoxy) is 3. The molecule has 0 radical (unpaired) electrons. The number of halogens is 1. The molecule has 0 bridgehead atoms. The van der Waals surface area contributed by atoms with Crippen molar-refractivity contribution in [1.82, 2.24) is 8.75 Å². The third-order valence-corrected chi connectivity index (χ3v) is 5.90. The topological polar surface area (TPSA) is 70.5 Å². The quantitative estimate of drug-likeness (QED) is 0.167. The summed E-state index contributed by atoms with van der Waals surface area (Å²) in [6.45, 7) is 11.0. The lowest BCUT2D eigenvalue weighted by Crippen LogP contribution is -3.00. The molecule has 0 saturated heterocycles. The van der Waals surface area contributed by atoms with E-state index in [9.17, 15) is 4.79 Å². The minimum absolute atomic E-state index is 0. The normalized spacial score (nSPS) is 19.4. The summed E-state index contributed by atoms with van der Waals surface area (Å²) in [5.41, 5.74) is 1.94. The molecule has 1 aliphatic rings. The van der Waals surface area contributed by atoms with Crippen molar-refractivity contribution in [2.45, 2.75) is 72.4 Å². The summed E-state index contributed by atoms with van der Waals surface area (Å²) in [4.78, 5) is 12.1. The van der Waals surface area contributed by atoms with E-state index in [1.807, 2.05) is 6.92 Å². The fourth-order valence-corrected chi connectivity index (χ4v) is 4.46. The smallest absolute Gasteiger partial charge is 0.512 e. The van der Waals surface area contributed by atoms with E-state index in [1.54, 1.807) is 0 Å². The number of hydrogen-bond donors (Lipinski definition) is 0. The first-order valence-corrected chi connectivity index (χ1v) is 12.0. The summed E-state index contributed by atoms with van der Waals surface area (Å²) < 4.78 is 26.4. The van der Waals surface area contributed by atoms with Gasteiger partial charge in [-0.15, -0.1) is 4.37 Å². The molecular formula is C22H38IN3O4S. The Morgan fingerprint density at radius 2 is 1.94 bits per heavy atom. The maximum absolute atomic E-state index is 12.1. The van der Waals surface area contributed by atoms with Crippen LogP contribution in [-0.4, -0.2) is 59.0 Å². The summed E-state index contributed by atoms with van der Waals surface area (Å²) >= 11 is 1.18. The number of unbranched alkanes of at least 4 members (excludes halogenated alkanes) is 3. The fourth-order valence-electron chi connectivity index (χ4n) is 3.93. The lowest BCUT2D eigenvalue weighted by molar-refractivity contribution is -0.950. The first kappa shape index (κ1) is 28.1. The SMILES string of the molecule is CCCCCCOc1nsnc1C1=CCC[N+](C)(C(OC(=O)OCCC)C(C)C)C1.[I-]. The number of likely N-dealkylation sites (N-methyl/N-ethyl adjacent to an activating group) is 1. The molecule has 1 aliphatic heterocycles. The molecular weight excluding hydrogens is 529 g/mol. The maximum Gasteiger partial charge on any atom is 0.512 e. The Morgan fingerprint density at radius 3 is 2.61 bits per heavy atom. The predicted molar refractivity (Wildman–Crippen MR) is 119 cm³/mol. The van der Waals surface area contributed by atoms with Gasteiger partial charge in [0.15, 0.2) is 0 Å². The van der Waals surface area contributed by atoms with Gasteiger partial charge in [-0.3, -0.25) is 4.48 Å². The van der Waals surface area contributed by atoms with Gasteiger partial charge in [-0.1, -0.05) is 53.0 Å². The first-order chi connectivity index (χ1) is 14.4. The summed E-state index contributed by atoms with van der Waals surface area (Å²) in [6.07, 6.45) is 7.63. The van der Waals surface area contributed by atoms with Crippen LogP contribution in [0.4, 0.5) is 4.79 Å². The highest BCUT2D eigenvalue weighted by Crippen LogP contribution is 2.33. The standard InChI is InChI=1S/C22H38N3O4S.HI/c1-6-8-9-10-15-27-20-19(23-30-24-20)18-12-11-13-25(5,16-18)21(17(3)4)29-22(26)28-14-7-2;/h12,17,21H,6-11,13-16H2,1-5H3;1H/q+1;/p-1. The van der Waals surface area contributed by atoms with Crippen LogP contribution in [0.1, 0.15) is 71.9 Å². The van der Waals surface area contributed by atoms with E-state index < -0.39 is 6.16 Å². The van der Waals surface area contributed by atoms with Crippen LogP contribution in [-0.2, 0) is 9.47 Å². The van der Waals surface area contributed by atoms with Gasteiger partial charge in [0, 0.05) is 17.9 Å². The average molecular weight is 568 g/mol. The van der Waals surface area contributed by atoms with Crippen LogP contribution in [0.3, 0.4) is 0 Å². The van der Waals surface area contributed by atoms with E-state index in [2.05, 4.69) is 42.6 Å². The van der Waals surface area contributed by atoms with Crippen molar-refractivity contribution < 1.29 is 47.5 Å². The number of carbonyl (C=O) groups excluding carboxylic acids is 1. The van der Waals surface area contributed by atoms with Crippen LogP contribution in [0.15, 0.2) is 6.08 Å². The average Bonchev–Trinajstić information content (AvgIpc) is 3.18. The largest absolute Gasteiger partial charge is 1.00 e. The van der Waals surface area contributed by atoms with Gasteiger partial charge in [-0.05, 0) is 12.8 Å². The number of nitrogens with zero attached hydrogens (tertiary/aromatic N) is 3. The molecule has 1 aromatic heterocycles. The van der Waals surface area contributed by atoms with Gasteiger partial charge < -0.3 is 38.2 Å². The van der Waals surface area contributed by atoms with Gasteiger partial charge in [0.05, 0.1) is 38.5 Å². The number of carbonyl (C=O) groups is 1. The molecule has 2 heterocycles. The molecule has 9 heteroatoms. The van der Waals surface area contributed by atoms with E-state index >= 15 is 0 Å². The van der Waals surface area contributed by atoms with Crippen molar-refractivity contribution in [3.05, 3.63) is 11.8 Å². The minimum atomic E-state index is -0.586. The Labute approximate surface area is 208 Å². The van der Waals surface area contributed by atoms with Crippen molar-refractivity contribution in [1.29, 1.82) is 0 Å². The Bertz CT molecular complexity index is 698. The molecule has 7 nitrogen and oxygen atoms in total. The van der Waals surface area contributed by atoms with E-state index in [0.29, 0.717) is 30.1 Å². The van der Waals surface area contributed by atoms with E-state index in [0.717, 1.165) is 37.1 Å². The molecule has 0 amide bonds. The van der Waals surface area contributed by atoms with Crippen LogP contribution >= 0.6 is 11.7 Å². The lowest BCUT2D eigenvalue weighted by atomic mass is 10.0. The van der Waals surface area contributed by atoms with Crippen LogP contribution in [0, 0.1) is 5.92 Å². The summed E-state index contributed by atoms with van der Waals surface area (Å²) in [6, 6.07) is 0. The number of hydrogen-bond acceptors (Lipinski definition) is 7. The molecule has 2 atom stereocenters. The fraction of sp³-hybridized carbons (Fsp3) is 0.773. The van der Waals surface area contributed by atoms with Crippen LogP contribution in [0.25, 0.3) is 5.57 Å². The Kier molecular flexibility index (Phi) is 12.9. The van der Waals surface area contributed by atoms with Gasteiger partial charge in [0.1, 0.15) is 12.2 Å². The van der Waals surface area contributed by atoms with Crippen LogP contribution < -0.4 is 28.7 Å². The van der Waals surface area contributed by atoms with E-state index in [-0.39, 0.29) is 36.1 Å². The monoisotopic (exact) mass is 567 g/mol. The molecule has 2 rings (SSSR count). The lowest BCUT2D eigenvalue weighted by Gasteiger charge is -2.44. The van der Waals surface area contributed by atoms with Crippen LogP contribution in [0.5, 0.6) is 5.88 Å². The van der Waals surface area contributed by atoms with Gasteiger partial charge in [-0.25, -0.2) is 4.79 Å². The summed E-state index contributed by atoms with van der Waals surface area (Å²) in [7, 11) is 2.13. The molecule has 2 unspecified atom stereocenters. The van der Waals surface area contributed by atoms with Gasteiger partial charge in [0.2, 0.25) is 6.23 Å². The Hall–Kier alpha value is -0.940. The van der Waals surface area contributed by atoms with Crippen molar-refractivity contribution in [2.75, 3.05) is 33.4 Å².